The molecule has 0 aliphatic heterocycles. The summed E-state index contributed by atoms with van der Waals surface area (Å²) in [6.45, 7) is 0.781. The van der Waals surface area contributed by atoms with E-state index in [0.717, 1.165) is 17.2 Å². The molecule has 2 aliphatic rings. The molecule has 1 aromatic carbocycles. The molecule has 3 rings (SSSR count). The van der Waals surface area contributed by atoms with Gasteiger partial charge in [0.25, 0.3) is 0 Å². The highest BCUT2D eigenvalue weighted by Crippen LogP contribution is 2.26. The molecular weight excluding hydrogens is 295 g/mol. The molecule has 0 atom stereocenters. The van der Waals surface area contributed by atoms with E-state index in [2.05, 4.69) is 10.2 Å². The zero-order chi connectivity index (χ0) is 15.4. The van der Waals surface area contributed by atoms with E-state index in [1.807, 2.05) is 12.1 Å². The van der Waals surface area contributed by atoms with E-state index >= 15 is 0 Å². The number of hydrogen-bond acceptors (Lipinski definition) is 1. The van der Waals surface area contributed by atoms with Crippen LogP contribution in [0.4, 0.5) is 4.39 Å². The third kappa shape index (κ3) is 3.97. The first-order chi connectivity index (χ1) is 10.7. The molecule has 0 saturated heterocycles. The topological polar surface area (TPSA) is 15.3 Å². The summed E-state index contributed by atoms with van der Waals surface area (Å²) in [5, 5.41) is 4.46. The van der Waals surface area contributed by atoms with Crippen molar-refractivity contribution in [2.75, 3.05) is 0 Å². The molecule has 120 valence electrons. The average molecular weight is 320 g/mol. The molecule has 0 aromatic heterocycles. The van der Waals surface area contributed by atoms with Crippen LogP contribution in [0, 0.1) is 5.82 Å². The molecule has 0 heterocycles. The van der Waals surface area contributed by atoms with Gasteiger partial charge in [0.05, 0.1) is 0 Å². The van der Waals surface area contributed by atoms with E-state index < -0.39 is 0 Å². The van der Waals surface area contributed by atoms with E-state index in [0.29, 0.717) is 12.1 Å². The van der Waals surface area contributed by atoms with Gasteiger partial charge >= 0.3 is 0 Å². The van der Waals surface area contributed by atoms with Gasteiger partial charge in [-0.3, -0.25) is 0 Å². The zero-order valence-electron chi connectivity index (χ0n) is 13.1. The van der Waals surface area contributed by atoms with E-state index in [1.54, 1.807) is 0 Å². The molecule has 0 bridgehead atoms. The zero-order valence-corrected chi connectivity index (χ0v) is 13.9. The normalized spacial score (nSPS) is 19.5. The summed E-state index contributed by atoms with van der Waals surface area (Å²) in [7, 11) is 0. The molecule has 2 nitrogen and oxygen atoms in total. The number of nitrogens with one attached hydrogen (secondary N) is 1. The Labute approximate surface area is 138 Å². The van der Waals surface area contributed by atoms with Crippen LogP contribution >= 0.6 is 12.2 Å². The number of halogens is 1. The molecule has 0 amide bonds. The Morgan fingerprint density at radius 2 is 1.64 bits per heavy atom. The molecule has 0 radical (unpaired) electrons. The fourth-order valence-corrected chi connectivity index (χ4v) is 4.08. The van der Waals surface area contributed by atoms with Crippen LogP contribution in [-0.2, 0) is 6.54 Å². The van der Waals surface area contributed by atoms with Gasteiger partial charge in [-0.1, -0.05) is 37.8 Å². The second-order valence-corrected chi connectivity index (χ2v) is 7.01. The number of nitrogens with zero attached hydrogens (tertiary/aromatic N) is 1. The molecular formula is C18H25FN2S. The van der Waals surface area contributed by atoms with Crippen LogP contribution < -0.4 is 5.32 Å². The van der Waals surface area contributed by atoms with E-state index in [4.69, 9.17) is 12.2 Å². The Morgan fingerprint density at radius 3 is 2.27 bits per heavy atom. The smallest absolute Gasteiger partial charge is 0.169 e. The monoisotopic (exact) mass is 320 g/mol. The van der Waals surface area contributed by atoms with Crippen LogP contribution in [-0.4, -0.2) is 22.1 Å². The van der Waals surface area contributed by atoms with Gasteiger partial charge in [-0.05, 0) is 55.6 Å². The van der Waals surface area contributed by atoms with Gasteiger partial charge in [-0.25, -0.2) is 4.39 Å². The molecule has 2 fully saturated rings. The Bertz CT molecular complexity index is 490. The number of hydrogen-bond donors (Lipinski definition) is 1. The van der Waals surface area contributed by atoms with Crippen molar-refractivity contribution in [3.8, 4) is 0 Å². The first-order valence-corrected chi connectivity index (χ1v) is 8.95. The third-order valence-corrected chi connectivity index (χ3v) is 5.33. The maximum absolute atomic E-state index is 13.1. The number of thiocarbonyl (C=S) groups is 1. The van der Waals surface area contributed by atoms with Gasteiger partial charge in [0.2, 0.25) is 0 Å². The highest BCUT2D eigenvalue weighted by molar-refractivity contribution is 7.80. The minimum absolute atomic E-state index is 0.178. The molecule has 1 aromatic rings. The lowest BCUT2D eigenvalue weighted by Gasteiger charge is -2.33. The minimum Gasteiger partial charge on any atom is -0.360 e. The predicted octanol–water partition coefficient (Wildman–Crippen LogP) is 4.39. The molecule has 0 spiro atoms. The molecule has 2 aliphatic carbocycles. The lowest BCUT2D eigenvalue weighted by Crippen LogP contribution is -2.47. The molecule has 0 unspecified atom stereocenters. The maximum atomic E-state index is 13.1. The highest BCUT2D eigenvalue weighted by atomic mass is 32.1. The van der Waals surface area contributed by atoms with Crippen molar-refractivity contribution in [2.45, 2.75) is 70.0 Å². The van der Waals surface area contributed by atoms with Crippen LogP contribution in [0.25, 0.3) is 0 Å². The summed E-state index contributed by atoms with van der Waals surface area (Å²) in [4.78, 5) is 2.34. The van der Waals surface area contributed by atoms with Crippen molar-refractivity contribution in [3.05, 3.63) is 35.6 Å². The standard InChI is InChI=1S/C18H25FN2S/c19-15-11-9-14(10-12-15)13-21(17-7-3-4-8-17)18(22)20-16-5-1-2-6-16/h9-12,16-17H,1-8,13H2,(H,20,22). The minimum atomic E-state index is -0.178. The van der Waals surface area contributed by atoms with E-state index in [9.17, 15) is 4.39 Å². The van der Waals surface area contributed by atoms with Crippen molar-refractivity contribution in [1.29, 1.82) is 0 Å². The quantitative estimate of drug-likeness (QED) is 0.829. The summed E-state index contributed by atoms with van der Waals surface area (Å²) in [6.07, 6.45) is 10.1. The number of benzene rings is 1. The summed E-state index contributed by atoms with van der Waals surface area (Å²) in [5.74, 6) is -0.178. The van der Waals surface area contributed by atoms with Crippen LogP contribution in [0.15, 0.2) is 24.3 Å². The fraction of sp³-hybridized carbons (Fsp3) is 0.611. The van der Waals surface area contributed by atoms with Crippen molar-refractivity contribution in [2.24, 2.45) is 0 Å². The lowest BCUT2D eigenvalue weighted by molar-refractivity contribution is 0.299. The molecule has 4 heteroatoms. The van der Waals surface area contributed by atoms with Crippen LogP contribution in [0.2, 0.25) is 0 Å². The molecule has 22 heavy (non-hydrogen) atoms. The van der Waals surface area contributed by atoms with Gasteiger partial charge < -0.3 is 10.2 Å². The van der Waals surface area contributed by atoms with Gasteiger partial charge in [0, 0.05) is 18.6 Å². The highest BCUT2D eigenvalue weighted by Gasteiger charge is 2.26. The van der Waals surface area contributed by atoms with Crippen LogP contribution in [0.1, 0.15) is 56.9 Å². The summed E-state index contributed by atoms with van der Waals surface area (Å²) < 4.78 is 13.1. The Balaban J connectivity index is 1.68. The first kappa shape index (κ1) is 15.7. The van der Waals surface area contributed by atoms with Crippen molar-refractivity contribution < 1.29 is 4.39 Å². The Hall–Kier alpha value is -1.16. The number of rotatable bonds is 4. The Morgan fingerprint density at radius 1 is 1.05 bits per heavy atom. The van der Waals surface area contributed by atoms with Gasteiger partial charge in [-0.2, -0.15) is 0 Å². The lowest BCUT2D eigenvalue weighted by atomic mass is 10.1. The second-order valence-electron chi connectivity index (χ2n) is 6.62. The third-order valence-electron chi connectivity index (χ3n) is 4.98. The van der Waals surface area contributed by atoms with Crippen molar-refractivity contribution in [1.82, 2.24) is 10.2 Å². The first-order valence-electron chi connectivity index (χ1n) is 8.54. The summed E-state index contributed by atoms with van der Waals surface area (Å²) in [6, 6.07) is 7.90. The largest absolute Gasteiger partial charge is 0.360 e. The second kappa shape index (κ2) is 7.40. The summed E-state index contributed by atoms with van der Waals surface area (Å²) in [5.41, 5.74) is 1.13. The van der Waals surface area contributed by atoms with Crippen molar-refractivity contribution >= 4 is 17.3 Å². The average Bonchev–Trinajstić information content (AvgIpc) is 3.19. The van der Waals surface area contributed by atoms with Gasteiger partial charge in [-0.15, -0.1) is 0 Å². The Kier molecular flexibility index (Phi) is 5.29. The van der Waals surface area contributed by atoms with Gasteiger partial charge in [0.1, 0.15) is 5.82 Å². The predicted molar refractivity (Wildman–Crippen MR) is 92.2 cm³/mol. The summed E-state index contributed by atoms with van der Waals surface area (Å²) >= 11 is 5.71. The molecule has 1 N–H and O–H groups in total. The maximum Gasteiger partial charge on any atom is 0.169 e. The van der Waals surface area contributed by atoms with Crippen molar-refractivity contribution in [3.63, 3.8) is 0 Å². The SMILES string of the molecule is Fc1ccc(CN(C(=S)NC2CCCC2)C2CCCC2)cc1. The van der Waals surface area contributed by atoms with Crippen LogP contribution in [0.3, 0.4) is 0 Å². The molecule has 2 saturated carbocycles. The van der Waals surface area contributed by atoms with Crippen LogP contribution in [0.5, 0.6) is 0 Å². The van der Waals surface area contributed by atoms with E-state index in [1.165, 1.54) is 63.5 Å². The van der Waals surface area contributed by atoms with E-state index in [-0.39, 0.29) is 5.82 Å². The van der Waals surface area contributed by atoms with Gasteiger partial charge in [0.15, 0.2) is 5.11 Å². The fourth-order valence-electron chi connectivity index (χ4n) is 3.70.